The Kier molecular flexibility index (Phi) is 4.17. The van der Waals surface area contributed by atoms with Crippen LogP contribution >= 0.6 is 0 Å². The van der Waals surface area contributed by atoms with E-state index in [1.165, 1.54) is 0 Å². The molecule has 0 unspecified atom stereocenters. The van der Waals surface area contributed by atoms with Gasteiger partial charge in [0.2, 0.25) is 0 Å². The summed E-state index contributed by atoms with van der Waals surface area (Å²) in [7, 11) is 5.44. The summed E-state index contributed by atoms with van der Waals surface area (Å²) in [5.41, 5.74) is 2.03. The number of aryl methyl sites for hydroxylation is 1. The molecule has 1 amide bonds. The van der Waals surface area contributed by atoms with Gasteiger partial charge in [0.15, 0.2) is 0 Å². The van der Waals surface area contributed by atoms with E-state index in [9.17, 15) is 4.79 Å². The molecule has 0 aliphatic heterocycles. The number of nitrogens with one attached hydrogen (secondary N) is 1. The summed E-state index contributed by atoms with van der Waals surface area (Å²) in [5, 5.41) is 2.44. The zero-order chi connectivity index (χ0) is 12.1. The highest BCUT2D eigenvalue weighted by Crippen LogP contribution is 2.25. The third-order valence-electron chi connectivity index (χ3n) is 2.35. The summed E-state index contributed by atoms with van der Waals surface area (Å²) >= 11 is 0. The number of rotatable bonds is 3. The molecule has 0 saturated carbocycles. The molecular formula is C12H18N2O2. The van der Waals surface area contributed by atoms with Crippen LogP contribution in [0.5, 0.6) is 5.75 Å². The molecule has 0 saturated heterocycles. The molecular weight excluding hydrogens is 204 g/mol. The van der Waals surface area contributed by atoms with Crippen LogP contribution in [0.1, 0.15) is 12.5 Å². The normalized spacial score (nSPS) is 9.75. The Morgan fingerprint density at radius 3 is 2.62 bits per heavy atom. The van der Waals surface area contributed by atoms with E-state index in [2.05, 4.69) is 5.32 Å². The summed E-state index contributed by atoms with van der Waals surface area (Å²) in [6.07, 6.45) is 0.394. The highest BCUT2D eigenvalue weighted by atomic mass is 16.6. The first kappa shape index (κ1) is 12.4. The van der Waals surface area contributed by atoms with Gasteiger partial charge in [0.1, 0.15) is 5.75 Å². The molecule has 1 N–H and O–H groups in total. The highest BCUT2D eigenvalue weighted by molar-refractivity contribution is 5.71. The minimum atomic E-state index is -0.439. The number of amides is 1. The summed E-state index contributed by atoms with van der Waals surface area (Å²) in [6.45, 7) is 2.03. The van der Waals surface area contributed by atoms with E-state index < -0.39 is 6.09 Å². The van der Waals surface area contributed by atoms with Gasteiger partial charge < -0.3 is 15.0 Å². The SMILES string of the molecule is CCc1ccc(N(C)C)cc1OC(=O)NC. The number of anilines is 1. The van der Waals surface area contributed by atoms with Crippen molar-refractivity contribution in [1.82, 2.24) is 5.32 Å². The van der Waals surface area contributed by atoms with Crippen LogP contribution in [0.3, 0.4) is 0 Å². The third kappa shape index (κ3) is 2.89. The lowest BCUT2D eigenvalue weighted by atomic mass is 10.1. The molecule has 0 atom stereocenters. The van der Waals surface area contributed by atoms with Crippen molar-refractivity contribution in [3.8, 4) is 5.75 Å². The molecule has 0 bridgehead atoms. The summed E-state index contributed by atoms with van der Waals surface area (Å²) in [6, 6.07) is 5.86. The average molecular weight is 222 g/mol. The van der Waals surface area contributed by atoms with Gasteiger partial charge in [-0.15, -0.1) is 0 Å². The van der Waals surface area contributed by atoms with Crippen LogP contribution in [-0.4, -0.2) is 27.2 Å². The van der Waals surface area contributed by atoms with Crippen LogP contribution in [0.25, 0.3) is 0 Å². The molecule has 4 heteroatoms. The minimum Gasteiger partial charge on any atom is -0.410 e. The molecule has 0 radical (unpaired) electrons. The number of hydrogen-bond donors (Lipinski definition) is 1. The lowest BCUT2D eigenvalue weighted by molar-refractivity contribution is 0.202. The van der Waals surface area contributed by atoms with Crippen LogP contribution < -0.4 is 15.0 Å². The van der Waals surface area contributed by atoms with Crippen molar-refractivity contribution in [2.75, 3.05) is 26.0 Å². The predicted molar refractivity (Wildman–Crippen MR) is 65.2 cm³/mol. The molecule has 0 heterocycles. The zero-order valence-electron chi connectivity index (χ0n) is 10.2. The number of benzene rings is 1. The van der Waals surface area contributed by atoms with Gasteiger partial charge in [0.25, 0.3) is 0 Å². The molecule has 1 aromatic rings. The minimum absolute atomic E-state index is 0.439. The molecule has 4 nitrogen and oxygen atoms in total. The van der Waals surface area contributed by atoms with Crippen molar-refractivity contribution >= 4 is 11.8 Å². The van der Waals surface area contributed by atoms with E-state index in [1.807, 2.05) is 44.1 Å². The Morgan fingerprint density at radius 1 is 1.44 bits per heavy atom. The van der Waals surface area contributed by atoms with Crippen molar-refractivity contribution in [1.29, 1.82) is 0 Å². The Bertz CT molecular complexity index is 375. The smallest absolute Gasteiger partial charge is 0.410 e. The van der Waals surface area contributed by atoms with Gasteiger partial charge in [-0.3, -0.25) is 0 Å². The van der Waals surface area contributed by atoms with Gasteiger partial charge in [-0.2, -0.15) is 0 Å². The second kappa shape index (κ2) is 5.39. The van der Waals surface area contributed by atoms with Crippen LogP contribution in [0.4, 0.5) is 10.5 Å². The Labute approximate surface area is 96.2 Å². The van der Waals surface area contributed by atoms with Crippen LogP contribution in [0, 0.1) is 0 Å². The predicted octanol–water partition coefficient (Wildman–Crippen LogP) is 2.03. The third-order valence-corrected chi connectivity index (χ3v) is 2.35. The first-order valence-corrected chi connectivity index (χ1v) is 5.28. The highest BCUT2D eigenvalue weighted by Gasteiger charge is 2.08. The lowest BCUT2D eigenvalue weighted by Gasteiger charge is -2.15. The van der Waals surface area contributed by atoms with Gasteiger partial charge in [-0.05, 0) is 18.1 Å². The maximum atomic E-state index is 11.2. The number of hydrogen-bond acceptors (Lipinski definition) is 3. The van der Waals surface area contributed by atoms with Crippen LogP contribution in [0.2, 0.25) is 0 Å². The van der Waals surface area contributed by atoms with E-state index in [-0.39, 0.29) is 0 Å². The van der Waals surface area contributed by atoms with Crippen molar-refractivity contribution in [2.45, 2.75) is 13.3 Å². The van der Waals surface area contributed by atoms with Gasteiger partial charge in [-0.25, -0.2) is 4.79 Å². The van der Waals surface area contributed by atoms with E-state index in [0.717, 1.165) is 17.7 Å². The summed E-state index contributed by atoms with van der Waals surface area (Å²) < 4.78 is 5.20. The van der Waals surface area contributed by atoms with Crippen molar-refractivity contribution in [2.24, 2.45) is 0 Å². The van der Waals surface area contributed by atoms with E-state index in [1.54, 1.807) is 7.05 Å². The molecule has 0 spiro atoms. The lowest BCUT2D eigenvalue weighted by Crippen LogP contribution is -2.22. The molecule has 0 aliphatic carbocycles. The van der Waals surface area contributed by atoms with E-state index in [4.69, 9.17) is 4.74 Å². The summed E-state index contributed by atoms with van der Waals surface area (Å²) in [4.78, 5) is 13.2. The van der Waals surface area contributed by atoms with Crippen molar-refractivity contribution in [3.63, 3.8) is 0 Å². The zero-order valence-corrected chi connectivity index (χ0v) is 10.2. The fourth-order valence-corrected chi connectivity index (χ4v) is 1.36. The first-order valence-electron chi connectivity index (χ1n) is 5.28. The topological polar surface area (TPSA) is 41.6 Å². The standard InChI is InChI=1S/C12H18N2O2/c1-5-9-6-7-10(14(3)4)8-11(9)16-12(15)13-2/h6-8H,5H2,1-4H3,(H,13,15). The van der Waals surface area contributed by atoms with Gasteiger partial charge in [0, 0.05) is 32.9 Å². The van der Waals surface area contributed by atoms with Crippen LogP contribution in [-0.2, 0) is 6.42 Å². The number of nitrogens with zero attached hydrogens (tertiary/aromatic N) is 1. The largest absolute Gasteiger partial charge is 0.412 e. The number of carbonyl (C=O) groups excluding carboxylic acids is 1. The quantitative estimate of drug-likeness (QED) is 0.850. The molecule has 16 heavy (non-hydrogen) atoms. The second-order valence-corrected chi connectivity index (χ2v) is 3.68. The summed E-state index contributed by atoms with van der Waals surface area (Å²) in [5.74, 6) is 0.619. The van der Waals surface area contributed by atoms with Gasteiger partial charge in [0.05, 0.1) is 0 Å². The molecule has 0 fully saturated rings. The Morgan fingerprint density at radius 2 is 2.12 bits per heavy atom. The van der Waals surface area contributed by atoms with Gasteiger partial charge >= 0.3 is 6.09 Å². The fraction of sp³-hybridized carbons (Fsp3) is 0.417. The van der Waals surface area contributed by atoms with Crippen LogP contribution in [0.15, 0.2) is 18.2 Å². The van der Waals surface area contributed by atoms with Crippen molar-refractivity contribution < 1.29 is 9.53 Å². The molecule has 88 valence electrons. The van der Waals surface area contributed by atoms with Crippen molar-refractivity contribution in [3.05, 3.63) is 23.8 Å². The Hall–Kier alpha value is -1.71. The first-order chi connectivity index (χ1) is 7.58. The average Bonchev–Trinajstić information content (AvgIpc) is 2.28. The second-order valence-electron chi connectivity index (χ2n) is 3.68. The fourth-order valence-electron chi connectivity index (χ4n) is 1.36. The molecule has 1 aromatic carbocycles. The maximum Gasteiger partial charge on any atom is 0.412 e. The van der Waals surface area contributed by atoms with E-state index in [0.29, 0.717) is 5.75 Å². The Balaban J connectivity index is 3.02. The molecule has 0 aromatic heterocycles. The van der Waals surface area contributed by atoms with E-state index >= 15 is 0 Å². The molecule has 1 rings (SSSR count). The van der Waals surface area contributed by atoms with Gasteiger partial charge in [-0.1, -0.05) is 13.0 Å². The molecule has 0 aliphatic rings. The number of ether oxygens (including phenoxy) is 1. The number of carbonyl (C=O) groups is 1. The maximum absolute atomic E-state index is 11.2. The monoisotopic (exact) mass is 222 g/mol.